The Kier molecular flexibility index (Phi) is 17.0. The fourth-order valence-corrected chi connectivity index (χ4v) is 14.8. The number of aryl methyl sites for hydroxylation is 2. The van der Waals surface area contributed by atoms with Crippen molar-refractivity contribution in [2.45, 2.75) is 144 Å². The lowest BCUT2D eigenvalue weighted by Gasteiger charge is -2.49. The molecule has 1 amide bonds. The number of carbonyl (C=O) groups is 1. The molecule has 8 aliphatic heterocycles. The van der Waals surface area contributed by atoms with Gasteiger partial charge in [-0.3, -0.25) is 9.69 Å². The first kappa shape index (κ1) is 60.0. The minimum atomic E-state index is -1.62. The Hall–Kier alpha value is -6.61. The number of hydrogen-bond donors (Lipinski definition) is 8. The molecule has 10 atom stereocenters. The summed E-state index contributed by atoms with van der Waals surface area (Å²) < 4.78 is 41.0. The largest absolute Gasteiger partial charge is 0.456 e. The Morgan fingerprint density at radius 1 is 0.551 bits per heavy atom. The van der Waals surface area contributed by atoms with Crippen LogP contribution in [0.5, 0.6) is 11.5 Å². The number of hydrogen-bond acceptors (Lipinski definition) is 24. The standard InChI is InChI=1S/C61H77N13O15/c75-33-46-50(77)52(79)54(81)59(87-46)73-31-38(63-66-73)28-68(29-39-32-74(67-64-39)60-55(82)53(80)51(78)47(34-76)88-60)27-37-30-71(65-62-37)17-19-84-21-23-86-24-22-85-20-18-72-58(83)40-9-1-2-12-43(40)61(72)44-25-35-7-3-13-69-15-5-10-41(48(35)69)56(44)89-57-42-11-6-16-70-14-4-8-36(49(42)70)26-45(57)61/h1-2,9,12,25-26,30-32,46-47,50-55,59-60,75-82H,3-8,10-11,13-24,27-29,33-34H2/t46-,47-,50+,51+,52-,53-,54-,55-,59?,60?/m1/s1. The van der Waals surface area contributed by atoms with Crippen LogP contribution < -0.4 is 14.5 Å². The van der Waals surface area contributed by atoms with Gasteiger partial charge in [0.05, 0.1) is 88.9 Å². The average molecular weight is 1230 g/mol. The molecule has 3 aromatic carbocycles. The third-order valence-electron chi connectivity index (χ3n) is 18.9. The Morgan fingerprint density at radius 2 is 1.02 bits per heavy atom. The van der Waals surface area contributed by atoms with Gasteiger partial charge in [0.2, 0.25) is 0 Å². The van der Waals surface area contributed by atoms with Crippen LogP contribution in [0.4, 0.5) is 11.4 Å². The van der Waals surface area contributed by atoms with Gasteiger partial charge in [-0.15, -0.1) is 15.3 Å². The molecule has 0 bridgehead atoms. The van der Waals surface area contributed by atoms with Crippen molar-refractivity contribution in [3.63, 3.8) is 0 Å². The number of aromatic nitrogens is 9. The van der Waals surface area contributed by atoms with Crippen molar-refractivity contribution < 1.29 is 74.1 Å². The van der Waals surface area contributed by atoms with Crippen molar-refractivity contribution >= 4 is 17.3 Å². The number of aliphatic hydroxyl groups excluding tert-OH is 8. The van der Waals surface area contributed by atoms with Crippen LogP contribution in [0.2, 0.25) is 0 Å². The van der Waals surface area contributed by atoms with Gasteiger partial charge in [-0.25, -0.2) is 14.0 Å². The summed E-state index contributed by atoms with van der Waals surface area (Å²) in [7, 11) is 0. The summed E-state index contributed by atoms with van der Waals surface area (Å²) in [5.41, 5.74) is 12.2. The van der Waals surface area contributed by atoms with E-state index in [-0.39, 0.29) is 25.5 Å². The summed E-state index contributed by atoms with van der Waals surface area (Å²) in [5, 5.41) is 108. The molecule has 1 spiro atoms. The predicted molar refractivity (Wildman–Crippen MR) is 312 cm³/mol. The number of ether oxygens (including phenoxy) is 6. The zero-order valence-corrected chi connectivity index (χ0v) is 49.4. The molecule has 89 heavy (non-hydrogen) atoms. The number of rotatable bonds is 22. The topological polar surface area (TPSA) is 339 Å². The first-order valence-corrected chi connectivity index (χ1v) is 31.2. The normalized spacial score (nSPS) is 26.5. The maximum atomic E-state index is 15.1. The Labute approximate surface area is 512 Å². The smallest absolute Gasteiger partial charge is 0.255 e. The molecular formula is C61H77N13O15. The highest BCUT2D eigenvalue weighted by Crippen LogP contribution is 2.62. The van der Waals surface area contributed by atoms with E-state index in [1.54, 1.807) is 10.9 Å². The van der Waals surface area contributed by atoms with Crippen LogP contribution >= 0.6 is 0 Å². The lowest BCUT2D eigenvalue weighted by Crippen LogP contribution is -2.56. The van der Waals surface area contributed by atoms with Crippen LogP contribution in [-0.4, -0.2) is 236 Å². The van der Waals surface area contributed by atoms with E-state index < -0.39 is 80.0 Å². The van der Waals surface area contributed by atoms with Crippen LogP contribution in [0.1, 0.15) is 105 Å². The zero-order valence-electron chi connectivity index (χ0n) is 49.4. The summed E-state index contributed by atoms with van der Waals surface area (Å²) in [6.45, 7) is 6.04. The van der Waals surface area contributed by atoms with Crippen molar-refractivity contribution in [1.29, 1.82) is 0 Å². The summed E-state index contributed by atoms with van der Waals surface area (Å²) in [6.07, 6.45) is -1.49. The highest BCUT2D eigenvalue weighted by atomic mass is 16.6. The second-order valence-electron chi connectivity index (χ2n) is 24.5. The summed E-state index contributed by atoms with van der Waals surface area (Å²) in [6, 6.07) is 13.0. The number of amides is 1. The Bertz CT molecular complexity index is 3360. The summed E-state index contributed by atoms with van der Waals surface area (Å²) >= 11 is 0. The second-order valence-corrected chi connectivity index (χ2v) is 24.5. The molecule has 11 heterocycles. The Balaban J connectivity index is 0.599. The molecule has 28 nitrogen and oxygen atoms in total. The van der Waals surface area contributed by atoms with Crippen LogP contribution in [0, 0.1) is 0 Å². The average Bonchev–Trinajstić information content (AvgIpc) is 1.65. The zero-order chi connectivity index (χ0) is 61.1. The molecule has 8 N–H and O–H groups in total. The lowest BCUT2D eigenvalue weighted by atomic mass is 9.70. The van der Waals surface area contributed by atoms with E-state index >= 15 is 4.79 Å². The van der Waals surface area contributed by atoms with Gasteiger partial charge in [-0.2, -0.15) is 0 Å². The van der Waals surface area contributed by atoms with Gasteiger partial charge < -0.3 is 84.0 Å². The van der Waals surface area contributed by atoms with Crippen molar-refractivity contribution in [2.75, 3.05) is 95.4 Å². The van der Waals surface area contributed by atoms with Gasteiger partial charge in [0.15, 0.2) is 12.5 Å². The summed E-state index contributed by atoms with van der Waals surface area (Å²) in [4.78, 5) is 24.2. The number of nitrogens with zero attached hydrogens (tertiary/aromatic N) is 13. The van der Waals surface area contributed by atoms with Crippen molar-refractivity contribution in [3.05, 3.63) is 117 Å². The van der Waals surface area contributed by atoms with Gasteiger partial charge in [0, 0.05) is 97.7 Å². The van der Waals surface area contributed by atoms with Crippen molar-refractivity contribution in [2.24, 2.45) is 0 Å². The van der Waals surface area contributed by atoms with Gasteiger partial charge in [0.25, 0.3) is 5.91 Å². The number of anilines is 2. The third-order valence-corrected chi connectivity index (χ3v) is 18.9. The van der Waals surface area contributed by atoms with E-state index in [0.29, 0.717) is 69.8 Å². The number of aliphatic hydroxyl groups is 8. The molecule has 14 rings (SSSR count). The maximum Gasteiger partial charge on any atom is 0.255 e. The maximum absolute atomic E-state index is 15.1. The minimum Gasteiger partial charge on any atom is -0.456 e. The third kappa shape index (κ3) is 10.9. The highest BCUT2D eigenvalue weighted by molar-refractivity contribution is 6.03. The monoisotopic (exact) mass is 1230 g/mol. The molecule has 0 radical (unpaired) electrons. The van der Waals surface area contributed by atoms with E-state index in [1.807, 2.05) is 17.0 Å². The molecule has 0 saturated carbocycles. The number of fused-ring (bicyclic) bond motifs is 8. The molecule has 0 aliphatic carbocycles. The summed E-state index contributed by atoms with van der Waals surface area (Å²) in [5.74, 6) is 1.86. The lowest BCUT2D eigenvalue weighted by molar-refractivity contribution is -0.254. The van der Waals surface area contributed by atoms with Gasteiger partial charge in [-0.05, 0) is 86.3 Å². The molecule has 8 aliphatic rings. The molecular weight excluding hydrogens is 1150 g/mol. The van der Waals surface area contributed by atoms with Gasteiger partial charge in [0.1, 0.15) is 65.9 Å². The first-order valence-electron chi connectivity index (χ1n) is 31.2. The fourth-order valence-electron chi connectivity index (χ4n) is 14.8. The van der Waals surface area contributed by atoms with E-state index in [9.17, 15) is 40.9 Å². The van der Waals surface area contributed by atoms with Crippen LogP contribution in [0.15, 0.2) is 55.0 Å². The molecule has 6 aromatic rings. The van der Waals surface area contributed by atoms with Gasteiger partial charge >= 0.3 is 0 Å². The quantitative estimate of drug-likeness (QED) is 0.0401. The minimum absolute atomic E-state index is 0.00488. The second kappa shape index (κ2) is 25.2. The number of benzene rings is 3. The van der Waals surface area contributed by atoms with E-state index in [2.05, 4.69) is 69.9 Å². The molecule has 3 aromatic heterocycles. The van der Waals surface area contributed by atoms with Crippen LogP contribution in [0.3, 0.4) is 0 Å². The molecule has 476 valence electrons. The predicted octanol–water partition coefficient (Wildman–Crippen LogP) is -0.391. The van der Waals surface area contributed by atoms with Crippen LogP contribution in [0.25, 0.3) is 0 Å². The number of carbonyl (C=O) groups excluding carboxylic acids is 1. The molecule has 2 fully saturated rings. The highest BCUT2D eigenvalue weighted by Gasteiger charge is 2.58. The van der Waals surface area contributed by atoms with E-state index in [4.69, 9.17) is 28.4 Å². The molecule has 2 unspecified atom stereocenters. The van der Waals surface area contributed by atoms with E-state index in [1.165, 1.54) is 55.4 Å². The molecule has 28 heteroatoms. The Morgan fingerprint density at radius 3 is 1.55 bits per heavy atom. The van der Waals surface area contributed by atoms with Crippen molar-refractivity contribution in [3.8, 4) is 11.5 Å². The molecule has 2 saturated heterocycles. The van der Waals surface area contributed by atoms with E-state index in [0.717, 1.165) is 111 Å². The van der Waals surface area contributed by atoms with Gasteiger partial charge in [-0.1, -0.05) is 33.8 Å². The SMILES string of the molecule is O=C1c2ccccc2C2(c3cc4c5c(c3Oc3c2cc2c6c3CCCN6CCC2)CCCN5CCC4)N1CCOCCOCCOCCn1cc(CN(Cc2cn(C3O[C@H](CO)[C@H](O)[C@@H](O)[C@H]3O)nn2)Cc2cn(C3O[C@H](CO)[C@H](O)[C@@H](O)[C@H]3O)nn2)nn1. The fraction of sp³-hybridized carbons (Fsp3) is 0.590. The van der Waals surface area contributed by atoms with Crippen molar-refractivity contribution in [1.82, 2.24) is 54.8 Å². The van der Waals surface area contributed by atoms with Crippen LogP contribution in [-0.2, 0) is 81.1 Å². The first-order chi connectivity index (χ1) is 43.4.